The highest BCUT2D eigenvalue weighted by Crippen LogP contribution is 2.20. The summed E-state index contributed by atoms with van der Waals surface area (Å²) in [6, 6.07) is 7.62. The molecule has 3 nitrogen and oxygen atoms in total. The van der Waals surface area contributed by atoms with Crippen molar-refractivity contribution in [2.75, 3.05) is 18.4 Å². The lowest BCUT2D eigenvalue weighted by Gasteiger charge is -2.08. The molecule has 0 aliphatic heterocycles. The summed E-state index contributed by atoms with van der Waals surface area (Å²) in [7, 11) is 0. The number of rotatable bonds is 8. The molecule has 0 aromatic heterocycles. The first-order chi connectivity index (χ1) is 9.09. The summed E-state index contributed by atoms with van der Waals surface area (Å²) in [5, 5.41) is 6.04. The smallest absolute Gasteiger partial charge is 0.238 e. The Labute approximate surface area is 124 Å². The van der Waals surface area contributed by atoms with Crippen LogP contribution >= 0.6 is 15.9 Å². The van der Waals surface area contributed by atoms with Crippen molar-refractivity contribution in [3.63, 3.8) is 0 Å². The van der Waals surface area contributed by atoms with Crippen LogP contribution in [-0.4, -0.2) is 19.0 Å². The van der Waals surface area contributed by atoms with Gasteiger partial charge in [-0.1, -0.05) is 38.8 Å². The van der Waals surface area contributed by atoms with E-state index >= 15 is 0 Å². The molecule has 1 rings (SSSR count). The van der Waals surface area contributed by atoms with E-state index in [0.29, 0.717) is 6.54 Å². The van der Waals surface area contributed by atoms with Gasteiger partial charge in [0, 0.05) is 4.47 Å². The predicted molar refractivity (Wildman–Crippen MR) is 84.3 cm³/mol. The quantitative estimate of drug-likeness (QED) is 0.713. The van der Waals surface area contributed by atoms with E-state index in [9.17, 15) is 4.79 Å². The first-order valence-corrected chi connectivity index (χ1v) is 7.64. The molecular weight excluding hydrogens is 304 g/mol. The number of benzene rings is 1. The summed E-state index contributed by atoms with van der Waals surface area (Å²) in [6.45, 7) is 5.73. The number of hydrogen-bond donors (Lipinski definition) is 2. The number of amides is 1. The Morgan fingerprint density at radius 3 is 2.68 bits per heavy atom. The van der Waals surface area contributed by atoms with Crippen molar-refractivity contribution in [2.24, 2.45) is 5.92 Å². The van der Waals surface area contributed by atoms with Crippen LogP contribution in [0.2, 0.25) is 0 Å². The third-order valence-corrected chi connectivity index (χ3v) is 3.51. The molecule has 2 N–H and O–H groups in total. The first-order valence-electron chi connectivity index (χ1n) is 6.84. The topological polar surface area (TPSA) is 41.1 Å². The van der Waals surface area contributed by atoms with E-state index in [4.69, 9.17) is 0 Å². The van der Waals surface area contributed by atoms with Gasteiger partial charge in [0.1, 0.15) is 0 Å². The van der Waals surface area contributed by atoms with E-state index in [-0.39, 0.29) is 5.91 Å². The molecule has 0 aliphatic carbocycles. The molecule has 1 amide bonds. The number of halogens is 1. The fourth-order valence-corrected chi connectivity index (χ4v) is 2.15. The van der Waals surface area contributed by atoms with Crippen molar-refractivity contribution >= 4 is 27.5 Å². The monoisotopic (exact) mass is 326 g/mol. The van der Waals surface area contributed by atoms with E-state index in [1.54, 1.807) is 0 Å². The highest BCUT2D eigenvalue weighted by molar-refractivity contribution is 9.10. The minimum atomic E-state index is -0.00393. The Morgan fingerprint density at radius 1 is 1.26 bits per heavy atom. The minimum absolute atomic E-state index is 0.00393. The van der Waals surface area contributed by atoms with Gasteiger partial charge in [0.05, 0.1) is 12.2 Å². The molecular formula is C15H23BrN2O. The third kappa shape index (κ3) is 7.33. The normalized spacial score (nSPS) is 10.7. The van der Waals surface area contributed by atoms with Crippen LogP contribution in [0, 0.1) is 5.92 Å². The molecule has 0 radical (unpaired) electrons. The SMILES string of the molecule is CC(C)CCCCNCC(=O)Nc1ccccc1Br. The van der Waals surface area contributed by atoms with Crippen LogP contribution in [0.5, 0.6) is 0 Å². The van der Waals surface area contributed by atoms with Gasteiger partial charge in [0.25, 0.3) is 0 Å². The summed E-state index contributed by atoms with van der Waals surface area (Å²) >= 11 is 3.41. The van der Waals surface area contributed by atoms with Crippen molar-refractivity contribution in [2.45, 2.75) is 33.1 Å². The summed E-state index contributed by atoms with van der Waals surface area (Å²) in [5.41, 5.74) is 0.814. The molecule has 19 heavy (non-hydrogen) atoms. The van der Waals surface area contributed by atoms with Crippen LogP contribution < -0.4 is 10.6 Å². The summed E-state index contributed by atoms with van der Waals surface area (Å²) in [6.07, 6.45) is 3.60. The molecule has 1 aromatic carbocycles. The lowest BCUT2D eigenvalue weighted by atomic mass is 10.1. The van der Waals surface area contributed by atoms with Gasteiger partial charge in [-0.05, 0) is 46.9 Å². The van der Waals surface area contributed by atoms with Crippen molar-refractivity contribution in [3.8, 4) is 0 Å². The molecule has 0 saturated carbocycles. The van der Waals surface area contributed by atoms with E-state index in [2.05, 4.69) is 40.4 Å². The number of carbonyl (C=O) groups excluding carboxylic acids is 1. The Bertz CT molecular complexity index is 393. The average molecular weight is 327 g/mol. The van der Waals surface area contributed by atoms with E-state index in [1.165, 1.54) is 12.8 Å². The summed E-state index contributed by atoms with van der Waals surface area (Å²) in [4.78, 5) is 11.7. The van der Waals surface area contributed by atoms with Crippen LogP contribution in [0.15, 0.2) is 28.7 Å². The molecule has 0 atom stereocenters. The fraction of sp³-hybridized carbons (Fsp3) is 0.533. The number of anilines is 1. The zero-order valence-corrected chi connectivity index (χ0v) is 13.3. The molecule has 0 unspecified atom stereocenters. The Hall–Kier alpha value is -0.870. The van der Waals surface area contributed by atoms with Crippen molar-refractivity contribution < 1.29 is 4.79 Å². The van der Waals surface area contributed by atoms with Crippen LogP contribution in [0.3, 0.4) is 0 Å². The standard InChI is InChI=1S/C15H23BrN2O/c1-12(2)7-5-6-10-17-11-15(19)18-14-9-4-3-8-13(14)16/h3-4,8-9,12,17H,5-7,10-11H2,1-2H3,(H,18,19). The van der Waals surface area contributed by atoms with Crippen LogP contribution in [0.1, 0.15) is 33.1 Å². The Kier molecular flexibility index (Phi) is 7.75. The zero-order valence-electron chi connectivity index (χ0n) is 11.7. The van der Waals surface area contributed by atoms with Gasteiger partial charge in [0.15, 0.2) is 0 Å². The third-order valence-electron chi connectivity index (χ3n) is 2.82. The second kappa shape index (κ2) is 9.10. The molecule has 0 saturated heterocycles. The van der Waals surface area contributed by atoms with Crippen LogP contribution in [-0.2, 0) is 4.79 Å². The maximum Gasteiger partial charge on any atom is 0.238 e. The van der Waals surface area contributed by atoms with Gasteiger partial charge in [0.2, 0.25) is 5.91 Å². The van der Waals surface area contributed by atoms with Gasteiger partial charge >= 0.3 is 0 Å². The predicted octanol–water partition coefficient (Wildman–Crippen LogP) is 3.80. The second-order valence-corrected chi connectivity index (χ2v) is 5.95. The van der Waals surface area contributed by atoms with E-state index < -0.39 is 0 Å². The molecule has 1 aromatic rings. The van der Waals surface area contributed by atoms with Crippen LogP contribution in [0.4, 0.5) is 5.69 Å². The lowest BCUT2D eigenvalue weighted by molar-refractivity contribution is -0.115. The minimum Gasteiger partial charge on any atom is -0.324 e. The number of carbonyl (C=O) groups is 1. The molecule has 106 valence electrons. The molecule has 0 heterocycles. The maximum absolute atomic E-state index is 11.7. The van der Waals surface area contributed by atoms with Crippen molar-refractivity contribution in [3.05, 3.63) is 28.7 Å². The van der Waals surface area contributed by atoms with Crippen molar-refractivity contribution in [1.29, 1.82) is 0 Å². The average Bonchev–Trinajstić information content (AvgIpc) is 2.36. The second-order valence-electron chi connectivity index (χ2n) is 5.09. The van der Waals surface area contributed by atoms with Gasteiger partial charge in [-0.15, -0.1) is 0 Å². The van der Waals surface area contributed by atoms with Crippen LogP contribution in [0.25, 0.3) is 0 Å². The number of hydrogen-bond acceptors (Lipinski definition) is 2. The number of unbranched alkanes of at least 4 members (excludes halogenated alkanes) is 1. The zero-order chi connectivity index (χ0) is 14.1. The van der Waals surface area contributed by atoms with Gasteiger partial charge < -0.3 is 10.6 Å². The number of nitrogens with one attached hydrogen (secondary N) is 2. The fourth-order valence-electron chi connectivity index (χ4n) is 1.76. The summed E-state index contributed by atoms with van der Waals surface area (Å²) < 4.78 is 0.903. The van der Waals surface area contributed by atoms with Gasteiger partial charge in [-0.25, -0.2) is 0 Å². The largest absolute Gasteiger partial charge is 0.324 e. The Balaban J connectivity index is 2.13. The summed E-state index contributed by atoms with van der Waals surface area (Å²) in [5.74, 6) is 0.759. The first kappa shape index (κ1) is 16.2. The maximum atomic E-state index is 11.7. The van der Waals surface area contributed by atoms with Gasteiger partial charge in [-0.3, -0.25) is 4.79 Å². The van der Waals surface area contributed by atoms with E-state index in [0.717, 1.165) is 29.0 Å². The lowest BCUT2D eigenvalue weighted by Crippen LogP contribution is -2.28. The van der Waals surface area contributed by atoms with Crippen molar-refractivity contribution in [1.82, 2.24) is 5.32 Å². The molecule has 4 heteroatoms. The number of para-hydroxylation sites is 1. The molecule has 0 spiro atoms. The van der Waals surface area contributed by atoms with E-state index in [1.807, 2.05) is 24.3 Å². The highest BCUT2D eigenvalue weighted by atomic mass is 79.9. The molecule has 0 fully saturated rings. The highest BCUT2D eigenvalue weighted by Gasteiger charge is 2.04. The van der Waals surface area contributed by atoms with Gasteiger partial charge in [-0.2, -0.15) is 0 Å². The Morgan fingerprint density at radius 2 is 2.00 bits per heavy atom. The molecule has 0 aliphatic rings. The molecule has 0 bridgehead atoms.